The van der Waals surface area contributed by atoms with Crippen molar-refractivity contribution in [2.24, 2.45) is 11.5 Å². The molecule has 0 fully saturated rings. The van der Waals surface area contributed by atoms with Crippen LogP contribution in [0.4, 0.5) is 0 Å². The molecular formula is C6H28N4O5. The summed E-state index contributed by atoms with van der Waals surface area (Å²) in [7, 11) is 0. The molecule has 0 rings (SSSR count). The van der Waals surface area contributed by atoms with Crippen molar-refractivity contribution in [2.45, 2.75) is 0 Å². The standard InChI is InChI=1S/C6H18N4.5H2O/c7-1-3-9-5-6-10-4-2-8;;;;;/h9-10H,1-8H2;5*1H2. The van der Waals surface area contributed by atoms with Gasteiger partial charge in [0, 0.05) is 39.3 Å². The molecule has 0 radical (unpaired) electrons. The molecule has 0 saturated carbocycles. The molecule has 0 amide bonds. The van der Waals surface area contributed by atoms with Crippen molar-refractivity contribution in [3.63, 3.8) is 0 Å². The topological polar surface area (TPSA) is 234 Å². The molecule has 0 aliphatic rings. The van der Waals surface area contributed by atoms with Crippen molar-refractivity contribution in [3.8, 4) is 0 Å². The molecule has 0 atom stereocenters. The summed E-state index contributed by atoms with van der Waals surface area (Å²) in [5.41, 5.74) is 10.5. The summed E-state index contributed by atoms with van der Waals surface area (Å²) in [6.45, 7) is 5.14. The molecule has 0 aliphatic carbocycles. The Morgan fingerprint density at radius 3 is 1.00 bits per heavy atom. The molecule has 0 aliphatic heterocycles. The highest BCUT2D eigenvalue weighted by molar-refractivity contribution is 4.51. The van der Waals surface area contributed by atoms with E-state index in [0.717, 1.165) is 26.2 Å². The molecule has 15 heavy (non-hydrogen) atoms. The predicted octanol–water partition coefficient (Wildman–Crippen LogP) is -6.04. The van der Waals surface area contributed by atoms with E-state index in [2.05, 4.69) is 10.6 Å². The summed E-state index contributed by atoms with van der Waals surface area (Å²) in [5.74, 6) is 0. The van der Waals surface area contributed by atoms with Crippen LogP contribution in [0.1, 0.15) is 0 Å². The lowest BCUT2D eigenvalue weighted by molar-refractivity contribution is 0.618. The van der Waals surface area contributed by atoms with Gasteiger partial charge in [0.1, 0.15) is 0 Å². The molecule has 0 heterocycles. The van der Waals surface area contributed by atoms with Gasteiger partial charge in [0.2, 0.25) is 0 Å². The maximum Gasteiger partial charge on any atom is 0.00772 e. The molecule has 0 spiro atoms. The number of hydrogen-bond donors (Lipinski definition) is 4. The minimum Gasteiger partial charge on any atom is -0.412 e. The molecule has 0 aromatic carbocycles. The lowest BCUT2D eigenvalue weighted by atomic mass is 10.5. The van der Waals surface area contributed by atoms with E-state index < -0.39 is 0 Å². The lowest BCUT2D eigenvalue weighted by Gasteiger charge is -2.03. The second-order valence-corrected chi connectivity index (χ2v) is 2.08. The Hall–Kier alpha value is -0.360. The summed E-state index contributed by atoms with van der Waals surface area (Å²) >= 11 is 0. The van der Waals surface area contributed by atoms with Crippen LogP contribution in [0.25, 0.3) is 0 Å². The van der Waals surface area contributed by atoms with Gasteiger partial charge in [-0.25, -0.2) is 0 Å². The number of nitrogens with two attached hydrogens (primary N) is 2. The average Bonchev–Trinajstić information content (AvgIpc) is 1.97. The van der Waals surface area contributed by atoms with Gasteiger partial charge in [-0.3, -0.25) is 0 Å². The monoisotopic (exact) mass is 236 g/mol. The summed E-state index contributed by atoms with van der Waals surface area (Å²) in [4.78, 5) is 0. The quantitative estimate of drug-likeness (QED) is 0.315. The van der Waals surface area contributed by atoms with Crippen LogP contribution < -0.4 is 22.1 Å². The van der Waals surface area contributed by atoms with Gasteiger partial charge in [-0.05, 0) is 0 Å². The van der Waals surface area contributed by atoms with E-state index in [1.807, 2.05) is 0 Å². The van der Waals surface area contributed by atoms with Gasteiger partial charge >= 0.3 is 0 Å². The summed E-state index contributed by atoms with van der Waals surface area (Å²) in [6, 6.07) is 0. The molecule has 0 saturated heterocycles. The van der Waals surface area contributed by atoms with Crippen LogP contribution in [0.15, 0.2) is 0 Å². The highest BCUT2D eigenvalue weighted by Gasteiger charge is 1.83. The van der Waals surface area contributed by atoms with Crippen LogP contribution in [0, 0.1) is 0 Å². The van der Waals surface area contributed by atoms with Crippen LogP contribution >= 0.6 is 0 Å². The third-order valence-corrected chi connectivity index (χ3v) is 1.12. The average molecular weight is 236 g/mol. The first-order chi connectivity index (χ1) is 4.91. The normalized spacial score (nSPS) is 6.80. The van der Waals surface area contributed by atoms with Gasteiger partial charge in [0.25, 0.3) is 0 Å². The molecule has 0 aromatic heterocycles. The number of rotatable bonds is 7. The van der Waals surface area contributed by atoms with Gasteiger partial charge in [-0.1, -0.05) is 0 Å². The maximum atomic E-state index is 5.27. The molecule has 9 heteroatoms. The van der Waals surface area contributed by atoms with E-state index in [4.69, 9.17) is 11.5 Å². The first-order valence-electron chi connectivity index (χ1n) is 3.73. The first kappa shape index (κ1) is 36.5. The molecule has 16 N–H and O–H groups in total. The van der Waals surface area contributed by atoms with Gasteiger partial charge in [0.05, 0.1) is 0 Å². The predicted molar refractivity (Wildman–Crippen MR) is 61.9 cm³/mol. The zero-order valence-corrected chi connectivity index (χ0v) is 8.90. The van der Waals surface area contributed by atoms with E-state index in [9.17, 15) is 0 Å². The third kappa shape index (κ3) is 41.9. The molecule has 102 valence electrons. The largest absolute Gasteiger partial charge is 0.412 e. The van der Waals surface area contributed by atoms with Crippen molar-refractivity contribution in [1.82, 2.24) is 10.6 Å². The second kappa shape index (κ2) is 37.3. The highest BCUT2D eigenvalue weighted by atomic mass is 16.0. The molecule has 0 unspecified atom stereocenters. The molecule has 9 nitrogen and oxygen atoms in total. The van der Waals surface area contributed by atoms with Crippen molar-refractivity contribution in [3.05, 3.63) is 0 Å². The molecular weight excluding hydrogens is 208 g/mol. The zero-order chi connectivity index (χ0) is 7.66. The minimum absolute atomic E-state index is 0. The second-order valence-electron chi connectivity index (χ2n) is 2.08. The minimum atomic E-state index is 0. The fourth-order valence-electron chi connectivity index (χ4n) is 0.631. The Morgan fingerprint density at radius 2 is 0.800 bits per heavy atom. The Bertz CT molecular complexity index is 63.5. The maximum absolute atomic E-state index is 5.27. The van der Waals surface area contributed by atoms with Gasteiger partial charge in [-0.15, -0.1) is 0 Å². The van der Waals surface area contributed by atoms with Crippen molar-refractivity contribution in [1.29, 1.82) is 0 Å². The zero-order valence-electron chi connectivity index (χ0n) is 8.90. The Labute approximate surface area is 89.7 Å². The Balaban J connectivity index is -0.0000000405. The number of hydrogen-bond acceptors (Lipinski definition) is 4. The van der Waals surface area contributed by atoms with Crippen molar-refractivity contribution in [2.75, 3.05) is 39.3 Å². The lowest BCUT2D eigenvalue weighted by Crippen LogP contribution is -2.32. The van der Waals surface area contributed by atoms with Crippen LogP contribution in [0.5, 0.6) is 0 Å². The van der Waals surface area contributed by atoms with Gasteiger partial charge in [-0.2, -0.15) is 0 Å². The van der Waals surface area contributed by atoms with E-state index in [1.165, 1.54) is 0 Å². The SMILES string of the molecule is NCCNCCNCCN.O.O.O.O.O. The number of nitrogens with one attached hydrogen (secondary N) is 2. The fourth-order valence-corrected chi connectivity index (χ4v) is 0.631. The Kier molecular flexibility index (Phi) is 90.8. The van der Waals surface area contributed by atoms with Crippen LogP contribution in [-0.2, 0) is 0 Å². The summed E-state index contributed by atoms with van der Waals surface area (Å²) < 4.78 is 0. The summed E-state index contributed by atoms with van der Waals surface area (Å²) in [5, 5.41) is 6.33. The van der Waals surface area contributed by atoms with Crippen LogP contribution in [0.3, 0.4) is 0 Å². The molecule has 0 bridgehead atoms. The van der Waals surface area contributed by atoms with Crippen molar-refractivity contribution >= 4 is 0 Å². The van der Waals surface area contributed by atoms with Gasteiger partial charge in [0.15, 0.2) is 0 Å². The van der Waals surface area contributed by atoms with Crippen LogP contribution in [0.2, 0.25) is 0 Å². The summed E-state index contributed by atoms with van der Waals surface area (Å²) in [6.07, 6.45) is 0. The molecule has 0 aromatic rings. The van der Waals surface area contributed by atoms with Gasteiger partial charge < -0.3 is 49.5 Å². The fraction of sp³-hybridized carbons (Fsp3) is 1.00. The van der Waals surface area contributed by atoms with E-state index >= 15 is 0 Å². The Morgan fingerprint density at radius 1 is 0.533 bits per heavy atom. The van der Waals surface area contributed by atoms with E-state index in [-0.39, 0.29) is 27.4 Å². The van der Waals surface area contributed by atoms with Crippen LogP contribution in [-0.4, -0.2) is 66.6 Å². The smallest absolute Gasteiger partial charge is 0.00772 e. The highest BCUT2D eigenvalue weighted by Crippen LogP contribution is 1.57. The van der Waals surface area contributed by atoms with E-state index in [1.54, 1.807) is 0 Å². The van der Waals surface area contributed by atoms with Crippen molar-refractivity contribution < 1.29 is 27.4 Å². The third-order valence-electron chi connectivity index (χ3n) is 1.12. The first-order valence-corrected chi connectivity index (χ1v) is 3.73. The van der Waals surface area contributed by atoms with E-state index in [0.29, 0.717) is 13.1 Å².